The highest BCUT2D eigenvalue weighted by Gasteiger charge is 2.30. The lowest BCUT2D eigenvalue weighted by Crippen LogP contribution is -2.40. The molecule has 0 bridgehead atoms. The number of hydrogen-bond acceptors (Lipinski definition) is 4. The maximum atomic E-state index is 12.9. The number of carbonyl (C=O) groups is 2. The number of carbonyl (C=O) groups excluding carboxylic acids is 1. The van der Waals surface area contributed by atoms with E-state index in [9.17, 15) is 18.0 Å². The highest BCUT2D eigenvalue weighted by atomic mass is 32.2. The molecule has 25 heavy (non-hydrogen) atoms. The molecule has 0 aromatic heterocycles. The zero-order chi connectivity index (χ0) is 18.6. The van der Waals surface area contributed by atoms with E-state index in [1.165, 1.54) is 29.4 Å². The Morgan fingerprint density at radius 2 is 2.08 bits per heavy atom. The molecule has 0 aliphatic carbocycles. The van der Waals surface area contributed by atoms with Gasteiger partial charge >= 0.3 is 5.97 Å². The zero-order valence-corrected chi connectivity index (χ0v) is 15.3. The minimum atomic E-state index is -3.65. The van der Waals surface area contributed by atoms with Gasteiger partial charge in [0.2, 0.25) is 15.9 Å². The summed E-state index contributed by atoms with van der Waals surface area (Å²) in [6.45, 7) is 4.47. The van der Waals surface area contributed by atoms with Crippen molar-refractivity contribution in [3.05, 3.63) is 29.3 Å². The number of piperidine rings is 1. The van der Waals surface area contributed by atoms with Gasteiger partial charge in [-0.2, -0.15) is 4.31 Å². The van der Waals surface area contributed by atoms with Crippen LogP contribution in [0.5, 0.6) is 0 Å². The van der Waals surface area contributed by atoms with Crippen LogP contribution in [0.1, 0.15) is 42.1 Å². The van der Waals surface area contributed by atoms with Gasteiger partial charge in [0, 0.05) is 26.6 Å². The van der Waals surface area contributed by atoms with Gasteiger partial charge in [-0.1, -0.05) is 0 Å². The SMILES string of the molecule is CC(=O)NCCC1CCCN(S(=O)(=O)c2ccc(C(=O)O)c(C)c2)C1. The molecule has 138 valence electrons. The van der Waals surface area contributed by atoms with Crippen molar-refractivity contribution in [3.63, 3.8) is 0 Å². The van der Waals surface area contributed by atoms with Crippen molar-refractivity contribution in [2.24, 2.45) is 5.92 Å². The van der Waals surface area contributed by atoms with E-state index >= 15 is 0 Å². The molecule has 1 unspecified atom stereocenters. The largest absolute Gasteiger partial charge is 0.478 e. The summed E-state index contributed by atoms with van der Waals surface area (Å²) in [6.07, 6.45) is 2.45. The number of nitrogens with one attached hydrogen (secondary N) is 1. The Hall–Kier alpha value is -1.93. The van der Waals surface area contributed by atoms with Gasteiger partial charge in [-0.3, -0.25) is 4.79 Å². The summed E-state index contributed by atoms with van der Waals surface area (Å²) in [5.74, 6) is -0.957. The number of aromatic carboxylic acids is 1. The summed E-state index contributed by atoms with van der Waals surface area (Å²) in [5.41, 5.74) is 0.526. The van der Waals surface area contributed by atoms with Gasteiger partial charge in [-0.25, -0.2) is 13.2 Å². The normalized spacial score (nSPS) is 18.7. The van der Waals surface area contributed by atoms with Gasteiger partial charge in [-0.05, 0) is 55.9 Å². The van der Waals surface area contributed by atoms with E-state index < -0.39 is 16.0 Å². The van der Waals surface area contributed by atoms with E-state index in [4.69, 9.17) is 5.11 Å². The first-order valence-electron chi connectivity index (χ1n) is 8.30. The minimum Gasteiger partial charge on any atom is -0.478 e. The van der Waals surface area contributed by atoms with Crippen molar-refractivity contribution in [2.45, 2.75) is 38.0 Å². The lowest BCUT2D eigenvalue weighted by molar-refractivity contribution is -0.119. The number of amides is 1. The smallest absolute Gasteiger partial charge is 0.335 e. The second kappa shape index (κ2) is 7.97. The monoisotopic (exact) mass is 368 g/mol. The second-order valence-electron chi connectivity index (χ2n) is 6.42. The molecule has 1 saturated heterocycles. The number of sulfonamides is 1. The standard InChI is InChI=1S/C17H24N2O5S/c1-12-10-15(5-6-16(12)17(21)22)25(23,24)19-9-3-4-14(11-19)7-8-18-13(2)20/h5-6,10,14H,3-4,7-9,11H2,1-2H3,(H,18,20)(H,21,22). The lowest BCUT2D eigenvalue weighted by Gasteiger charge is -2.32. The summed E-state index contributed by atoms with van der Waals surface area (Å²) in [4.78, 5) is 22.2. The van der Waals surface area contributed by atoms with E-state index in [-0.39, 0.29) is 22.3 Å². The van der Waals surface area contributed by atoms with Crippen molar-refractivity contribution < 1.29 is 23.1 Å². The Kier molecular flexibility index (Phi) is 6.18. The van der Waals surface area contributed by atoms with Gasteiger partial charge in [0.25, 0.3) is 0 Å². The van der Waals surface area contributed by atoms with Crippen LogP contribution in [0.25, 0.3) is 0 Å². The number of hydrogen-bond donors (Lipinski definition) is 2. The quantitative estimate of drug-likeness (QED) is 0.794. The van der Waals surface area contributed by atoms with Crippen molar-refractivity contribution in [1.29, 1.82) is 0 Å². The number of rotatable bonds is 6. The van der Waals surface area contributed by atoms with Crippen LogP contribution in [-0.4, -0.2) is 49.3 Å². The fourth-order valence-corrected chi connectivity index (χ4v) is 4.76. The van der Waals surface area contributed by atoms with Crippen LogP contribution in [0.15, 0.2) is 23.1 Å². The van der Waals surface area contributed by atoms with Crippen LogP contribution in [0.3, 0.4) is 0 Å². The van der Waals surface area contributed by atoms with E-state index in [1.807, 2.05) is 0 Å². The third kappa shape index (κ3) is 4.79. The Morgan fingerprint density at radius 3 is 2.68 bits per heavy atom. The molecular weight excluding hydrogens is 344 g/mol. The molecule has 1 atom stereocenters. The first kappa shape index (κ1) is 19.4. The van der Waals surface area contributed by atoms with Gasteiger partial charge in [0.1, 0.15) is 0 Å². The summed E-state index contributed by atoms with van der Waals surface area (Å²) >= 11 is 0. The van der Waals surface area contributed by atoms with Crippen LogP contribution in [0.2, 0.25) is 0 Å². The summed E-state index contributed by atoms with van der Waals surface area (Å²) in [6, 6.07) is 4.11. The summed E-state index contributed by atoms with van der Waals surface area (Å²) in [7, 11) is -3.65. The molecule has 7 nitrogen and oxygen atoms in total. The van der Waals surface area contributed by atoms with Crippen molar-refractivity contribution in [2.75, 3.05) is 19.6 Å². The molecule has 0 spiro atoms. The number of carboxylic acid groups (broad SMARTS) is 1. The molecule has 1 aliphatic rings. The molecule has 2 rings (SSSR count). The third-order valence-corrected chi connectivity index (χ3v) is 6.34. The van der Waals surface area contributed by atoms with E-state index in [0.29, 0.717) is 25.2 Å². The van der Waals surface area contributed by atoms with Gasteiger partial charge in [0.15, 0.2) is 0 Å². The fraction of sp³-hybridized carbons (Fsp3) is 0.529. The number of benzene rings is 1. The number of carboxylic acids is 1. The van der Waals surface area contributed by atoms with Crippen LogP contribution in [0, 0.1) is 12.8 Å². The first-order chi connectivity index (χ1) is 11.7. The van der Waals surface area contributed by atoms with Gasteiger partial charge < -0.3 is 10.4 Å². The number of nitrogens with zero attached hydrogens (tertiary/aromatic N) is 1. The molecule has 1 aliphatic heterocycles. The van der Waals surface area contributed by atoms with Gasteiger partial charge in [0.05, 0.1) is 10.5 Å². The van der Waals surface area contributed by atoms with E-state index in [0.717, 1.165) is 19.3 Å². The molecule has 0 radical (unpaired) electrons. The van der Waals surface area contributed by atoms with Crippen LogP contribution >= 0.6 is 0 Å². The fourth-order valence-electron chi connectivity index (χ4n) is 3.12. The molecule has 8 heteroatoms. The van der Waals surface area contributed by atoms with Gasteiger partial charge in [-0.15, -0.1) is 0 Å². The average molecular weight is 368 g/mol. The highest BCUT2D eigenvalue weighted by molar-refractivity contribution is 7.89. The Bertz CT molecular complexity index is 760. The number of aryl methyl sites for hydroxylation is 1. The predicted octanol–water partition coefficient (Wildman–Crippen LogP) is 1.62. The highest BCUT2D eigenvalue weighted by Crippen LogP contribution is 2.26. The molecule has 1 fully saturated rings. The minimum absolute atomic E-state index is 0.0886. The van der Waals surface area contributed by atoms with E-state index in [1.54, 1.807) is 6.92 Å². The molecule has 0 saturated carbocycles. The maximum absolute atomic E-state index is 12.9. The Morgan fingerprint density at radius 1 is 1.36 bits per heavy atom. The molecular formula is C17H24N2O5S. The molecule has 1 aromatic carbocycles. The zero-order valence-electron chi connectivity index (χ0n) is 14.5. The summed E-state index contributed by atoms with van der Waals surface area (Å²) < 4.78 is 27.2. The second-order valence-corrected chi connectivity index (χ2v) is 8.36. The molecule has 1 aromatic rings. The molecule has 1 heterocycles. The summed E-state index contributed by atoms with van der Waals surface area (Å²) in [5, 5.41) is 11.8. The lowest BCUT2D eigenvalue weighted by atomic mass is 9.96. The third-order valence-electron chi connectivity index (χ3n) is 4.47. The Balaban J connectivity index is 2.11. The topological polar surface area (TPSA) is 104 Å². The van der Waals surface area contributed by atoms with Crippen molar-refractivity contribution >= 4 is 21.9 Å². The maximum Gasteiger partial charge on any atom is 0.335 e. The van der Waals surface area contributed by atoms with Crippen molar-refractivity contribution in [3.8, 4) is 0 Å². The Labute approximate surface area is 148 Å². The van der Waals surface area contributed by atoms with Crippen LogP contribution < -0.4 is 5.32 Å². The van der Waals surface area contributed by atoms with Crippen LogP contribution in [-0.2, 0) is 14.8 Å². The van der Waals surface area contributed by atoms with Crippen LogP contribution in [0.4, 0.5) is 0 Å². The van der Waals surface area contributed by atoms with E-state index in [2.05, 4.69) is 5.32 Å². The average Bonchev–Trinajstić information content (AvgIpc) is 2.54. The van der Waals surface area contributed by atoms with Crippen molar-refractivity contribution in [1.82, 2.24) is 9.62 Å². The molecule has 1 amide bonds. The first-order valence-corrected chi connectivity index (χ1v) is 9.74. The molecule has 2 N–H and O–H groups in total. The predicted molar refractivity (Wildman–Crippen MR) is 92.9 cm³/mol.